The molecule has 0 amide bonds. The quantitative estimate of drug-likeness (QED) is 0.628. The lowest BCUT2D eigenvalue weighted by Gasteiger charge is -2.11. The number of carboxylic acids is 1. The van der Waals surface area contributed by atoms with E-state index in [-0.39, 0.29) is 0 Å². The van der Waals surface area contributed by atoms with Gasteiger partial charge in [-0.05, 0) is 0 Å². The first-order valence-corrected chi connectivity index (χ1v) is 4.44. The first-order chi connectivity index (χ1) is 8.61. The first kappa shape index (κ1) is 14.5. The molecule has 0 spiro atoms. The Balaban J connectivity index is 3.41. The summed E-state index contributed by atoms with van der Waals surface area (Å²) in [6, 6.07) is 0. The van der Waals surface area contributed by atoms with Gasteiger partial charge in [0, 0.05) is 0 Å². The first-order valence-electron chi connectivity index (χ1n) is 4.44. The number of halogens is 3. The van der Waals surface area contributed by atoms with Crippen molar-refractivity contribution in [1.29, 1.82) is 0 Å². The zero-order chi connectivity index (χ0) is 14.8. The summed E-state index contributed by atoms with van der Waals surface area (Å²) < 4.78 is 39.5. The number of rotatable bonds is 4. The van der Waals surface area contributed by atoms with E-state index in [2.05, 4.69) is 9.72 Å². The highest BCUT2D eigenvalue weighted by Crippen LogP contribution is 2.40. The van der Waals surface area contributed by atoms with Gasteiger partial charge in [0.05, 0.1) is 17.5 Å². The molecule has 104 valence electrons. The van der Waals surface area contributed by atoms with Crippen molar-refractivity contribution in [2.45, 2.75) is 12.8 Å². The van der Waals surface area contributed by atoms with Gasteiger partial charge in [0.25, 0.3) is 5.75 Å². The van der Waals surface area contributed by atoms with Gasteiger partial charge in [0.15, 0.2) is 5.75 Å². The number of carboxylic acid groups (broad SMARTS) is 1. The topological polar surface area (TPSA) is 123 Å². The summed E-state index contributed by atoms with van der Waals surface area (Å²) in [7, 11) is 0. The molecule has 0 aliphatic heterocycles. The number of hydrogen-bond acceptors (Lipinski definition) is 6. The predicted molar refractivity (Wildman–Crippen MR) is 50.6 cm³/mol. The van der Waals surface area contributed by atoms with Crippen LogP contribution in [0.1, 0.15) is 5.69 Å². The highest BCUT2D eigenvalue weighted by molar-refractivity contribution is 5.72. The second-order valence-electron chi connectivity index (χ2n) is 3.14. The maximum Gasteiger partial charge on any atom is 0.573 e. The van der Waals surface area contributed by atoms with E-state index in [0.29, 0.717) is 6.20 Å². The summed E-state index contributed by atoms with van der Waals surface area (Å²) in [5, 5.41) is 28.3. The molecule has 1 rings (SSSR count). The van der Waals surface area contributed by atoms with E-state index in [1.807, 2.05) is 0 Å². The fraction of sp³-hybridized carbons (Fsp3) is 0.250. The van der Waals surface area contributed by atoms with E-state index >= 15 is 0 Å². The Bertz CT molecular complexity index is 530. The van der Waals surface area contributed by atoms with Crippen LogP contribution < -0.4 is 4.74 Å². The predicted octanol–water partition coefficient (Wildman–Crippen LogP) is 1.22. The van der Waals surface area contributed by atoms with Gasteiger partial charge >= 0.3 is 18.0 Å². The van der Waals surface area contributed by atoms with Crippen molar-refractivity contribution in [3.8, 4) is 11.5 Å². The van der Waals surface area contributed by atoms with Crippen molar-refractivity contribution in [2.75, 3.05) is 0 Å². The Labute approximate surface area is 102 Å². The minimum absolute atomic E-state index is 0.437. The van der Waals surface area contributed by atoms with Crippen LogP contribution in [0, 0.1) is 10.1 Å². The van der Waals surface area contributed by atoms with Crippen molar-refractivity contribution in [3.63, 3.8) is 0 Å². The van der Waals surface area contributed by atoms with Crippen molar-refractivity contribution >= 4 is 11.7 Å². The molecular weight excluding hydrogens is 277 g/mol. The zero-order valence-corrected chi connectivity index (χ0v) is 8.84. The number of nitro groups is 1. The molecule has 0 saturated carbocycles. The minimum atomic E-state index is -5.29. The molecule has 1 heterocycles. The standard InChI is InChI=1S/C8H5F3N2O6/c9-8(10,11)19-7-4(14)2-12-3(1-5(15)16)6(7)13(17)18/h2,14H,1H2,(H,15,16). The molecule has 2 N–H and O–H groups in total. The molecule has 0 radical (unpaired) electrons. The number of nitrogens with zero attached hydrogens (tertiary/aromatic N) is 2. The third kappa shape index (κ3) is 3.69. The maximum atomic E-state index is 12.1. The fourth-order valence-corrected chi connectivity index (χ4v) is 1.19. The smallest absolute Gasteiger partial charge is 0.503 e. The van der Waals surface area contributed by atoms with Crippen LogP contribution in [0.15, 0.2) is 6.20 Å². The molecule has 1 aromatic heterocycles. The van der Waals surface area contributed by atoms with Crippen LogP contribution in [-0.2, 0) is 11.2 Å². The lowest BCUT2D eigenvalue weighted by molar-refractivity contribution is -0.389. The number of aromatic nitrogens is 1. The molecule has 0 atom stereocenters. The molecule has 0 aromatic carbocycles. The van der Waals surface area contributed by atoms with Crippen LogP contribution in [-0.4, -0.2) is 32.5 Å². The van der Waals surface area contributed by atoms with E-state index in [1.165, 1.54) is 0 Å². The monoisotopic (exact) mass is 282 g/mol. The van der Waals surface area contributed by atoms with Crippen molar-refractivity contribution in [3.05, 3.63) is 22.0 Å². The van der Waals surface area contributed by atoms with Gasteiger partial charge in [-0.3, -0.25) is 14.9 Å². The highest BCUT2D eigenvalue weighted by atomic mass is 19.4. The second kappa shape index (κ2) is 4.96. The maximum absolute atomic E-state index is 12.1. The van der Waals surface area contributed by atoms with E-state index in [4.69, 9.17) is 10.2 Å². The van der Waals surface area contributed by atoms with E-state index in [1.54, 1.807) is 0 Å². The summed E-state index contributed by atoms with van der Waals surface area (Å²) in [4.78, 5) is 23.0. The molecule has 0 saturated heterocycles. The van der Waals surface area contributed by atoms with Crippen LogP contribution >= 0.6 is 0 Å². The zero-order valence-electron chi connectivity index (χ0n) is 8.84. The number of ether oxygens (including phenoxy) is 1. The SMILES string of the molecule is O=C(O)Cc1ncc(O)c(OC(F)(F)F)c1[N+](=O)[O-]. The van der Waals surface area contributed by atoms with Crippen molar-refractivity contribution in [2.24, 2.45) is 0 Å². The Kier molecular flexibility index (Phi) is 3.77. The summed E-state index contributed by atoms with van der Waals surface area (Å²) in [6.45, 7) is 0. The fourth-order valence-electron chi connectivity index (χ4n) is 1.19. The van der Waals surface area contributed by atoms with Gasteiger partial charge < -0.3 is 14.9 Å². The average Bonchev–Trinajstić information content (AvgIpc) is 2.19. The molecule has 0 aliphatic carbocycles. The number of pyridine rings is 1. The molecule has 11 heteroatoms. The third-order valence-corrected chi connectivity index (χ3v) is 1.78. The van der Waals surface area contributed by atoms with Gasteiger partial charge in [0.1, 0.15) is 5.69 Å². The number of aromatic hydroxyl groups is 1. The Morgan fingerprint density at radius 1 is 1.53 bits per heavy atom. The molecule has 0 unspecified atom stereocenters. The summed E-state index contributed by atoms with van der Waals surface area (Å²) in [5.41, 5.74) is -2.12. The molecule has 1 aromatic rings. The molecule has 8 nitrogen and oxygen atoms in total. The molecule has 19 heavy (non-hydrogen) atoms. The average molecular weight is 282 g/mol. The number of hydrogen-bond donors (Lipinski definition) is 2. The largest absolute Gasteiger partial charge is 0.573 e. The molecule has 0 bridgehead atoms. The van der Waals surface area contributed by atoms with Crippen molar-refractivity contribution < 1.29 is 37.8 Å². The molecular formula is C8H5F3N2O6. The van der Waals surface area contributed by atoms with Gasteiger partial charge in [0.2, 0.25) is 0 Å². The number of aliphatic carboxylic acids is 1. The normalized spacial score (nSPS) is 11.1. The van der Waals surface area contributed by atoms with Gasteiger partial charge in [-0.25, -0.2) is 4.98 Å². The second-order valence-corrected chi connectivity index (χ2v) is 3.14. The molecule has 0 fully saturated rings. The van der Waals surface area contributed by atoms with Crippen LogP contribution in [0.25, 0.3) is 0 Å². The van der Waals surface area contributed by atoms with Crippen LogP contribution in [0.5, 0.6) is 11.5 Å². The van der Waals surface area contributed by atoms with E-state index in [9.17, 15) is 28.1 Å². The van der Waals surface area contributed by atoms with Gasteiger partial charge in [-0.1, -0.05) is 0 Å². The van der Waals surface area contributed by atoms with Crippen LogP contribution in [0.4, 0.5) is 18.9 Å². The van der Waals surface area contributed by atoms with Crippen molar-refractivity contribution in [1.82, 2.24) is 4.98 Å². The highest BCUT2D eigenvalue weighted by Gasteiger charge is 2.38. The Hall–Kier alpha value is -2.59. The lowest BCUT2D eigenvalue weighted by atomic mass is 10.2. The third-order valence-electron chi connectivity index (χ3n) is 1.78. The molecule has 0 aliphatic rings. The number of carbonyl (C=O) groups is 1. The lowest BCUT2D eigenvalue weighted by Crippen LogP contribution is -2.19. The van der Waals surface area contributed by atoms with E-state index in [0.717, 1.165) is 0 Å². The summed E-state index contributed by atoms with van der Waals surface area (Å²) >= 11 is 0. The van der Waals surface area contributed by atoms with Gasteiger partial charge in [-0.15, -0.1) is 13.2 Å². The van der Waals surface area contributed by atoms with E-state index < -0.39 is 46.6 Å². The minimum Gasteiger partial charge on any atom is -0.503 e. The van der Waals surface area contributed by atoms with Crippen LogP contribution in [0.2, 0.25) is 0 Å². The Morgan fingerprint density at radius 3 is 2.53 bits per heavy atom. The Morgan fingerprint density at radius 2 is 2.11 bits per heavy atom. The van der Waals surface area contributed by atoms with Crippen LogP contribution in [0.3, 0.4) is 0 Å². The summed E-state index contributed by atoms with van der Waals surface area (Å²) in [5.74, 6) is -4.26. The van der Waals surface area contributed by atoms with Gasteiger partial charge in [-0.2, -0.15) is 0 Å². The number of alkyl halides is 3. The summed E-state index contributed by atoms with van der Waals surface area (Å²) in [6.07, 6.45) is -5.85.